The van der Waals surface area contributed by atoms with Crippen LogP contribution < -0.4 is 0 Å². The van der Waals surface area contributed by atoms with Crippen LogP contribution in [0.25, 0.3) is 88.4 Å². The first-order valence-corrected chi connectivity index (χ1v) is 23.1. The lowest BCUT2D eigenvalue weighted by Crippen LogP contribution is -2.28. The third kappa shape index (κ3) is 5.22. The number of rotatable bonds is 4. The van der Waals surface area contributed by atoms with Crippen LogP contribution in [0.2, 0.25) is 0 Å². The molecule has 0 radical (unpaired) electrons. The SMILES string of the molecule is c1cncc(-c2ccc(-c3ccc4c(-c5ccc6c(c5)C5(CCCCC5)c5ccccc5-6)c5ccccc5c(-c5ccc6c(c5)C5(CCCCC5)c5ccccc5-6)c4c3)cn2)c1. The largest absolute Gasteiger partial charge is 0.264 e. The van der Waals surface area contributed by atoms with Crippen molar-refractivity contribution >= 4 is 21.5 Å². The van der Waals surface area contributed by atoms with Crippen LogP contribution in [-0.2, 0) is 10.8 Å². The summed E-state index contributed by atoms with van der Waals surface area (Å²) in [4.78, 5) is 9.31. The molecule has 2 fully saturated rings. The molecule has 4 aliphatic rings. The van der Waals surface area contributed by atoms with Crippen LogP contribution >= 0.6 is 0 Å². The zero-order chi connectivity index (χ0) is 40.8. The van der Waals surface area contributed by atoms with Crippen molar-refractivity contribution in [1.29, 1.82) is 0 Å². The molecule has 0 bridgehead atoms. The van der Waals surface area contributed by atoms with E-state index >= 15 is 0 Å². The van der Waals surface area contributed by atoms with E-state index < -0.39 is 0 Å². The highest BCUT2D eigenvalue weighted by atomic mass is 14.7. The molecule has 7 aromatic carbocycles. The molecule has 2 saturated carbocycles. The van der Waals surface area contributed by atoms with E-state index in [4.69, 9.17) is 4.98 Å². The smallest absolute Gasteiger partial charge is 0.0717 e. The molecule has 2 heterocycles. The van der Waals surface area contributed by atoms with Crippen molar-refractivity contribution in [1.82, 2.24) is 9.97 Å². The summed E-state index contributed by atoms with van der Waals surface area (Å²) < 4.78 is 0. The molecule has 13 rings (SSSR count). The second-order valence-electron chi connectivity index (χ2n) is 18.6. The van der Waals surface area contributed by atoms with E-state index in [2.05, 4.69) is 151 Å². The van der Waals surface area contributed by atoms with Gasteiger partial charge < -0.3 is 0 Å². The van der Waals surface area contributed by atoms with Crippen LogP contribution in [-0.4, -0.2) is 9.97 Å². The summed E-state index contributed by atoms with van der Waals surface area (Å²) in [5.41, 5.74) is 21.5. The average Bonchev–Trinajstić information content (AvgIpc) is 3.76. The van der Waals surface area contributed by atoms with E-state index in [-0.39, 0.29) is 10.8 Å². The summed E-state index contributed by atoms with van der Waals surface area (Å²) in [5, 5.41) is 5.21. The van der Waals surface area contributed by atoms with E-state index in [1.807, 2.05) is 24.7 Å². The first kappa shape index (κ1) is 36.1. The van der Waals surface area contributed by atoms with Crippen LogP contribution in [0.15, 0.2) is 170 Å². The predicted octanol–water partition coefficient (Wildman–Crippen LogP) is 15.9. The zero-order valence-corrected chi connectivity index (χ0v) is 35.1. The molecule has 298 valence electrons. The first-order valence-electron chi connectivity index (χ1n) is 23.1. The summed E-state index contributed by atoms with van der Waals surface area (Å²) in [6.07, 6.45) is 18.4. The minimum absolute atomic E-state index is 0.0790. The Hall–Kier alpha value is -6.64. The van der Waals surface area contributed by atoms with Gasteiger partial charge in [-0.3, -0.25) is 9.97 Å². The van der Waals surface area contributed by atoms with Crippen LogP contribution in [0.4, 0.5) is 0 Å². The van der Waals surface area contributed by atoms with E-state index in [1.165, 1.54) is 153 Å². The lowest BCUT2D eigenvalue weighted by Gasteiger charge is -2.36. The van der Waals surface area contributed by atoms with E-state index in [9.17, 15) is 0 Å². The fraction of sp³-hybridized carbons (Fsp3) is 0.200. The van der Waals surface area contributed by atoms with Crippen molar-refractivity contribution in [3.8, 4) is 66.9 Å². The Morgan fingerprint density at radius 2 is 0.855 bits per heavy atom. The highest BCUT2D eigenvalue weighted by Crippen LogP contribution is 2.59. The molecule has 2 spiro atoms. The fourth-order valence-corrected chi connectivity index (χ4v) is 12.8. The molecule has 62 heavy (non-hydrogen) atoms. The number of hydrogen-bond donors (Lipinski definition) is 0. The van der Waals surface area contributed by atoms with Crippen molar-refractivity contribution in [3.63, 3.8) is 0 Å². The van der Waals surface area contributed by atoms with Crippen molar-refractivity contribution in [3.05, 3.63) is 193 Å². The third-order valence-electron chi connectivity index (χ3n) is 15.6. The standard InChI is InChI=1S/C60H48N2/c1-9-29-59(30-10-1)52-19-7-5-15-44(52)46-25-22-40(35-54(46)59)57-48-17-3-4-18-49(48)58(41-23-26-47-45-16-6-8-20-53(45)60(55(47)36-41)31-11-2-12-32-60)51-34-39(21-27-50(51)57)42-24-28-56(62-38-42)43-14-13-33-61-37-43/h3-8,13-28,33-38H,1-2,9-12,29-32H2. The van der Waals surface area contributed by atoms with Gasteiger partial charge in [0.15, 0.2) is 0 Å². The molecular formula is C60H48N2. The zero-order valence-electron chi connectivity index (χ0n) is 35.1. The Bertz CT molecular complexity index is 3240. The number of aromatic nitrogens is 2. The molecule has 9 aromatic rings. The average molecular weight is 797 g/mol. The number of nitrogens with zero attached hydrogens (tertiary/aromatic N) is 2. The summed E-state index contributed by atoms with van der Waals surface area (Å²) in [6, 6.07) is 58.4. The predicted molar refractivity (Wildman–Crippen MR) is 257 cm³/mol. The van der Waals surface area contributed by atoms with E-state index in [0.717, 1.165) is 16.8 Å². The van der Waals surface area contributed by atoms with Crippen LogP contribution in [0.3, 0.4) is 0 Å². The highest BCUT2D eigenvalue weighted by molar-refractivity contribution is 6.22. The fourth-order valence-electron chi connectivity index (χ4n) is 12.8. The number of hydrogen-bond acceptors (Lipinski definition) is 2. The van der Waals surface area contributed by atoms with Crippen molar-refractivity contribution < 1.29 is 0 Å². The molecule has 2 aromatic heterocycles. The number of benzene rings is 7. The molecule has 0 N–H and O–H groups in total. The minimum atomic E-state index is 0.0790. The monoisotopic (exact) mass is 796 g/mol. The summed E-state index contributed by atoms with van der Waals surface area (Å²) in [6.45, 7) is 0. The van der Waals surface area contributed by atoms with Gasteiger partial charge in [0.2, 0.25) is 0 Å². The lowest BCUT2D eigenvalue weighted by molar-refractivity contribution is 0.353. The number of fused-ring (bicyclic) bond motifs is 12. The van der Waals surface area contributed by atoms with Gasteiger partial charge in [-0.2, -0.15) is 0 Å². The highest BCUT2D eigenvalue weighted by Gasteiger charge is 2.45. The number of pyridine rings is 2. The molecule has 2 heteroatoms. The van der Waals surface area contributed by atoms with E-state index in [1.54, 1.807) is 5.56 Å². The Morgan fingerprint density at radius 1 is 0.339 bits per heavy atom. The Kier molecular flexibility index (Phi) is 8.11. The van der Waals surface area contributed by atoms with Gasteiger partial charge in [0, 0.05) is 40.5 Å². The van der Waals surface area contributed by atoms with Crippen LogP contribution in [0.1, 0.15) is 86.5 Å². The Labute approximate surface area is 364 Å². The van der Waals surface area contributed by atoms with Gasteiger partial charge in [-0.1, -0.05) is 154 Å². The molecule has 2 nitrogen and oxygen atoms in total. The van der Waals surface area contributed by atoms with Gasteiger partial charge in [-0.25, -0.2) is 0 Å². The van der Waals surface area contributed by atoms with Gasteiger partial charge in [0.05, 0.1) is 5.69 Å². The molecule has 0 amide bonds. The van der Waals surface area contributed by atoms with Crippen LogP contribution in [0, 0.1) is 0 Å². The summed E-state index contributed by atoms with van der Waals surface area (Å²) in [5.74, 6) is 0. The maximum absolute atomic E-state index is 4.96. The molecule has 4 aliphatic carbocycles. The van der Waals surface area contributed by atoms with Gasteiger partial charge in [0.1, 0.15) is 0 Å². The molecule has 0 unspecified atom stereocenters. The molecule has 0 atom stereocenters. The Balaban J connectivity index is 1.06. The maximum atomic E-state index is 4.96. The van der Waals surface area contributed by atoms with Gasteiger partial charge in [0.25, 0.3) is 0 Å². The third-order valence-corrected chi connectivity index (χ3v) is 15.6. The second-order valence-corrected chi connectivity index (χ2v) is 18.6. The normalized spacial score (nSPS) is 16.6. The van der Waals surface area contributed by atoms with Crippen molar-refractivity contribution in [2.75, 3.05) is 0 Å². The molecular weight excluding hydrogens is 749 g/mol. The summed E-state index contributed by atoms with van der Waals surface area (Å²) in [7, 11) is 0. The van der Waals surface area contributed by atoms with Crippen LogP contribution in [0.5, 0.6) is 0 Å². The van der Waals surface area contributed by atoms with Crippen molar-refractivity contribution in [2.45, 2.75) is 75.0 Å². The van der Waals surface area contributed by atoms with Crippen molar-refractivity contribution in [2.24, 2.45) is 0 Å². The molecule has 0 aliphatic heterocycles. The summed E-state index contributed by atoms with van der Waals surface area (Å²) >= 11 is 0. The van der Waals surface area contributed by atoms with E-state index in [0.29, 0.717) is 0 Å². The maximum Gasteiger partial charge on any atom is 0.0717 e. The first-order chi connectivity index (χ1) is 30.7. The van der Waals surface area contributed by atoms with Gasteiger partial charge in [-0.05, 0) is 156 Å². The second kappa shape index (κ2) is 13.9. The minimum Gasteiger partial charge on any atom is -0.264 e. The van der Waals surface area contributed by atoms with Gasteiger partial charge >= 0.3 is 0 Å². The Morgan fingerprint density at radius 3 is 1.42 bits per heavy atom. The quantitative estimate of drug-likeness (QED) is 0.166. The molecule has 0 saturated heterocycles. The van der Waals surface area contributed by atoms with Gasteiger partial charge in [-0.15, -0.1) is 0 Å². The lowest BCUT2D eigenvalue weighted by atomic mass is 9.67. The topological polar surface area (TPSA) is 25.8 Å².